The van der Waals surface area contributed by atoms with Crippen LogP contribution in [-0.2, 0) is 13.6 Å². The summed E-state index contributed by atoms with van der Waals surface area (Å²) in [6.07, 6.45) is 4.58. The normalized spacial score (nSPS) is 12.8. The zero-order valence-electron chi connectivity index (χ0n) is 8.20. The number of nitrogens with zero attached hydrogens (tertiary/aromatic N) is 3. The highest BCUT2D eigenvalue weighted by Gasteiger charge is 2.02. The monoisotopic (exact) mass is 180 g/mol. The molecular weight excluding hydrogens is 164 g/mol. The Labute approximate surface area is 78.7 Å². The van der Waals surface area contributed by atoms with E-state index in [4.69, 9.17) is 0 Å². The van der Waals surface area contributed by atoms with Crippen molar-refractivity contribution in [3.63, 3.8) is 0 Å². The third-order valence-electron chi connectivity index (χ3n) is 1.93. The van der Waals surface area contributed by atoms with Crippen LogP contribution in [0.4, 0.5) is 0 Å². The summed E-state index contributed by atoms with van der Waals surface area (Å²) < 4.78 is 1.91. The molecule has 1 rings (SSSR count). The molecule has 13 heavy (non-hydrogen) atoms. The second-order valence-corrected chi connectivity index (χ2v) is 3.16. The highest BCUT2D eigenvalue weighted by atomic mass is 15.3. The van der Waals surface area contributed by atoms with Gasteiger partial charge in [-0.2, -0.15) is 0 Å². The van der Waals surface area contributed by atoms with E-state index in [9.17, 15) is 0 Å². The average molecular weight is 180 g/mol. The molecule has 0 amide bonds. The van der Waals surface area contributed by atoms with Gasteiger partial charge in [-0.3, -0.25) is 0 Å². The Bertz CT molecular complexity index is 266. The molecule has 4 heteroatoms. The zero-order chi connectivity index (χ0) is 9.68. The van der Waals surface area contributed by atoms with Crippen molar-refractivity contribution in [3.8, 4) is 0 Å². The number of nitrogens with one attached hydrogen (secondary N) is 1. The summed E-state index contributed by atoms with van der Waals surface area (Å²) in [6, 6.07) is 0.439. The van der Waals surface area contributed by atoms with Crippen molar-refractivity contribution in [2.45, 2.75) is 25.9 Å². The molecule has 72 valence electrons. The van der Waals surface area contributed by atoms with Crippen LogP contribution in [0.25, 0.3) is 0 Å². The van der Waals surface area contributed by atoms with Crippen molar-refractivity contribution in [1.82, 2.24) is 20.1 Å². The summed E-state index contributed by atoms with van der Waals surface area (Å²) in [7, 11) is 1.94. The molecule has 1 aromatic rings. The van der Waals surface area contributed by atoms with Gasteiger partial charge in [0.2, 0.25) is 0 Å². The van der Waals surface area contributed by atoms with E-state index in [1.807, 2.05) is 17.7 Å². The van der Waals surface area contributed by atoms with Gasteiger partial charge < -0.3 is 9.88 Å². The van der Waals surface area contributed by atoms with Crippen LogP contribution >= 0.6 is 0 Å². The van der Waals surface area contributed by atoms with Crippen LogP contribution in [0, 0.1) is 0 Å². The average Bonchev–Trinajstić information content (AvgIpc) is 2.48. The zero-order valence-corrected chi connectivity index (χ0v) is 8.20. The molecule has 4 nitrogen and oxygen atoms in total. The predicted octanol–water partition coefficient (Wildman–Crippen LogP) is 0.869. The first-order valence-corrected chi connectivity index (χ1v) is 4.41. The van der Waals surface area contributed by atoms with E-state index in [2.05, 4.69) is 29.0 Å². The minimum atomic E-state index is 0.439. The van der Waals surface area contributed by atoms with E-state index in [-0.39, 0.29) is 0 Å². The topological polar surface area (TPSA) is 42.7 Å². The largest absolute Gasteiger partial charge is 0.320 e. The Balaban J connectivity index is 2.34. The number of aromatic nitrogens is 3. The van der Waals surface area contributed by atoms with Crippen molar-refractivity contribution in [3.05, 3.63) is 24.8 Å². The first-order chi connectivity index (χ1) is 6.24. The molecule has 0 fully saturated rings. The lowest BCUT2D eigenvalue weighted by Crippen LogP contribution is -2.26. The summed E-state index contributed by atoms with van der Waals surface area (Å²) in [4.78, 5) is 0. The molecule has 1 unspecified atom stereocenters. The fraction of sp³-hybridized carbons (Fsp3) is 0.556. The second kappa shape index (κ2) is 4.77. The van der Waals surface area contributed by atoms with Gasteiger partial charge in [-0.1, -0.05) is 6.08 Å². The van der Waals surface area contributed by atoms with Gasteiger partial charge in [0.15, 0.2) is 0 Å². The van der Waals surface area contributed by atoms with Crippen LogP contribution in [0.2, 0.25) is 0 Å². The minimum absolute atomic E-state index is 0.439. The number of aryl methyl sites for hydroxylation is 1. The van der Waals surface area contributed by atoms with Crippen LogP contribution in [0.3, 0.4) is 0 Å². The predicted molar refractivity (Wildman–Crippen MR) is 52.1 cm³/mol. The maximum atomic E-state index is 3.97. The Kier molecular flexibility index (Phi) is 3.64. The molecule has 1 aromatic heterocycles. The second-order valence-electron chi connectivity index (χ2n) is 3.16. The Hall–Kier alpha value is -1.16. The summed E-state index contributed by atoms with van der Waals surface area (Å²) in [5, 5.41) is 11.1. The molecule has 1 N–H and O–H groups in total. The smallest absolute Gasteiger partial charge is 0.146 e. The van der Waals surface area contributed by atoms with Crippen LogP contribution < -0.4 is 5.32 Å². The molecule has 1 heterocycles. The molecule has 0 aliphatic rings. The first-order valence-electron chi connectivity index (χ1n) is 4.41. The molecule has 0 saturated carbocycles. The van der Waals surface area contributed by atoms with Crippen molar-refractivity contribution in [2.24, 2.45) is 7.05 Å². The standard InChI is InChI=1S/C9H16N4/c1-4-5-8(2)10-6-9-12-11-7-13(9)3/h4,7-8,10H,1,5-6H2,2-3H3. The van der Waals surface area contributed by atoms with E-state index < -0.39 is 0 Å². The fourth-order valence-electron chi connectivity index (χ4n) is 1.07. The third-order valence-corrected chi connectivity index (χ3v) is 1.93. The van der Waals surface area contributed by atoms with Crippen LogP contribution in [0.15, 0.2) is 19.0 Å². The number of rotatable bonds is 5. The quantitative estimate of drug-likeness (QED) is 0.684. The van der Waals surface area contributed by atoms with Gasteiger partial charge in [0.25, 0.3) is 0 Å². The lowest BCUT2D eigenvalue weighted by atomic mass is 10.2. The molecule has 0 aliphatic carbocycles. The lowest BCUT2D eigenvalue weighted by Gasteiger charge is -2.10. The Morgan fingerprint density at radius 3 is 3.08 bits per heavy atom. The highest BCUT2D eigenvalue weighted by molar-refractivity contribution is 4.85. The van der Waals surface area contributed by atoms with E-state index in [1.54, 1.807) is 6.33 Å². The van der Waals surface area contributed by atoms with E-state index in [0.29, 0.717) is 6.04 Å². The minimum Gasteiger partial charge on any atom is -0.320 e. The lowest BCUT2D eigenvalue weighted by molar-refractivity contribution is 0.532. The molecule has 0 radical (unpaired) electrons. The highest BCUT2D eigenvalue weighted by Crippen LogP contribution is 1.95. The summed E-state index contributed by atoms with van der Waals surface area (Å²) >= 11 is 0. The van der Waals surface area contributed by atoms with Crippen LogP contribution in [0.1, 0.15) is 19.2 Å². The third kappa shape index (κ3) is 2.99. The van der Waals surface area contributed by atoms with Crippen molar-refractivity contribution < 1.29 is 0 Å². The molecule has 0 aromatic carbocycles. The van der Waals surface area contributed by atoms with Gasteiger partial charge in [-0.15, -0.1) is 16.8 Å². The molecule has 1 atom stereocenters. The van der Waals surface area contributed by atoms with E-state index >= 15 is 0 Å². The van der Waals surface area contributed by atoms with E-state index in [0.717, 1.165) is 18.8 Å². The summed E-state index contributed by atoms with van der Waals surface area (Å²) in [6.45, 7) is 6.57. The number of hydrogen-bond acceptors (Lipinski definition) is 3. The van der Waals surface area contributed by atoms with Gasteiger partial charge >= 0.3 is 0 Å². The molecule has 0 bridgehead atoms. The van der Waals surface area contributed by atoms with Gasteiger partial charge in [0.05, 0.1) is 6.54 Å². The van der Waals surface area contributed by atoms with Crippen molar-refractivity contribution >= 4 is 0 Å². The molecule has 0 saturated heterocycles. The maximum Gasteiger partial charge on any atom is 0.146 e. The maximum absolute atomic E-state index is 3.97. The van der Waals surface area contributed by atoms with Gasteiger partial charge in [-0.05, 0) is 13.3 Å². The van der Waals surface area contributed by atoms with Crippen molar-refractivity contribution in [1.29, 1.82) is 0 Å². The van der Waals surface area contributed by atoms with E-state index in [1.165, 1.54) is 0 Å². The number of hydrogen-bond donors (Lipinski definition) is 1. The molecule has 0 spiro atoms. The summed E-state index contributed by atoms with van der Waals surface area (Å²) in [5.74, 6) is 0.955. The van der Waals surface area contributed by atoms with Gasteiger partial charge in [-0.25, -0.2) is 0 Å². The van der Waals surface area contributed by atoms with Crippen molar-refractivity contribution in [2.75, 3.05) is 0 Å². The van der Waals surface area contributed by atoms with Crippen LogP contribution in [0.5, 0.6) is 0 Å². The molecular formula is C9H16N4. The molecule has 0 aliphatic heterocycles. The fourth-order valence-corrected chi connectivity index (χ4v) is 1.07. The SMILES string of the molecule is C=CCC(C)NCc1nncn1C. The Morgan fingerprint density at radius 1 is 1.77 bits per heavy atom. The Morgan fingerprint density at radius 2 is 2.54 bits per heavy atom. The van der Waals surface area contributed by atoms with Crippen LogP contribution in [-0.4, -0.2) is 20.8 Å². The first kappa shape index (κ1) is 9.92. The van der Waals surface area contributed by atoms with Gasteiger partial charge in [0.1, 0.15) is 12.2 Å². The van der Waals surface area contributed by atoms with Gasteiger partial charge in [0, 0.05) is 13.1 Å². The summed E-state index contributed by atoms with van der Waals surface area (Å²) in [5.41, 5.74) is 0.